The lowest BCUT2D eigenvalue weighted by molar-refractivity contribution is -0.384. The molecular weight excluding hydrogens is 282 g/mol. The molecule has 21 heavy (non-hydrogen) atoms. The molecule has 0 saturated carbocycles. The summed E-state index contributed by atoms with van der Waals surface area (Å²) in [5.41, 5.74) is 5.14. The van der Waals surface area contributed by atoms with Gasteiger partial charge in [0.15, 0.2) is 6.61 Å². The maximum Gasteiger partial charge on any atom is 0.341 e. The molecule has 9 nitrogen and oxygen atoms in total. The standard InChI is InChI=1S/C12H15N3O6/c1-20-5-4-14-11(16)7-21-12(17)9-6-8(15(18)19)2-3-10(9)13/h2-3,6H,4-5,7,13H2,1H3,(H,14,16). The van der Waals surface area contributed by atoms with E-state index < -0.39 is 23.4 Å². The molecule has 0 fully saturated rings. The van der Waals surface area contributed by atoms with Crippen LogP contribution in [-0.2, 0) is 14.3 Å². The van der Waals surface area contributed by atoms with Crippen molar-refractivity contribution in [1.29, 1.82) is 0 Å². The second kappa shape index (κ2) is 7.80. The van der Waals surface area contributed by atoms with Gasteiger partial charge in [-0.25, -0.2) is 4.79 Å². The monoisotopic (exact) mass is 297 g/mol. The number of methoxy groups -OCH3 is 1. The number of ether oxygens (including phenoxy) is 2. The lowest BCUT2D eigenvalue weighted by atomic mass is 10.1. The smallest absolute Gasteiger partial charge is 0.341 e. The summed E-state index contributed by atoms with van der Waals surface area (Å²) in [5.74, 6) is -1.41. The van der Waals surface area contributed by atoms with E-state index in [1.807, 2.05) is 0 Å². The highest BCUT2D eigenvalue weighted by Crippen LogP contribution is 2.20. The van der Waals surface area contributed by atoms with Crippen LogP contribution in [0.25, 0.3) is 0 Å². The minimum absolute atomic E-state index is 0.0328. The summed E-state index contributed by atoms with van der Waals surface area (Å²) in [6.07, 6.45) is 0. The minimum atomic E-state index is -0.905. The summed E-state index contributed by atoms with van der Waals surface area (Å²) in [7, 11) is 1.48. The van der Waals surface area contributed by atoms with E-state index in [-0.39, 0.29) is 23.5 Å². The molecule has 0 aromatic heterocycles. The maximum absolute atomic E-state index is 11.7. The Morgan fingerprint density at radius 1 is 1.43 bits per heavy atom. The van der Waals surface area contributed by atoms with Crippen molar-refractivity contribution < 1.29 is 24.0 Å². The van der Waals surface area contributed by atoms with Crippen LogP contribution in [0.15, 0.2) is 18.2 Å². The summed E-state index contributed by atoms with van der Waals surface area (Å²) >= 11 is 0. The Labute approximate surface area is 120 Å². The fourth-order valence-corrected chi connectivity index (χ4v) is 1.39. The van der Waals surface area contributed by atoms with Crippen molar-refractivity contribution in [2.75, 3.05) is 32.6 Å². The predicted octanol–water partition coefficient (Wildman–Crippen LogP) is 0.0964. The molecule has 0 spiro atoms. The van der Waals surface area contributed by atoms with E-state index in [4.69, 9.17) is 15.2 Å². The molecule has 0 bridgehead atoms. The van der Waals surface area contributed by atoms with Crippen LogP contribution >= 0.6 is 0 Å². The van der Waals surface area contributed by atoms with Gasteiger partial charge in [0.05, 0.1) is 17.1 Å². The van der Waals surface area contributed by atoms with Crippen LogP contribution in [0.5, 0.6) is 0 Å². The lowest BCUT2D eigenvalue weighted by Crippen LogP contribution is -2.31. The van der Waals surface area contributed by atoms with Crippen molar-refractivity contribution in [1.82, 2.24) is 5.32 Å². The minimum Gasteiger partial charge on any atom is -0.452 e. The number of esters is 1. The first kappa shape index (κ1) is 16.4. The number of nitrogen functional groups attached to an aromatic ring is 1. The average Bonchev–Trinajstić information content (AvgIpc) is 2.45. The van der Waals surface area contributed by atoms with Gasteiger partial charge in [-0.05, 0) is 6.07 Å². The van der Waals surface area contributed by atoms with Gasteiger partial charge in [-0.1, -0.05) is 0 Å². The number of amides is 1. The molecule has 114 valence electrons. The van der Waals surface area contributed by atoms with E-state index in [1.54, 1.807) is 0 Å². The van der Waals surface area contributed by atoms with Gasteiger partial charge in [-0.15, -0.1) is 0 Å². The molecule has 1 amide bonds. The van der Waals surface area contributed by atoms with E-state index in [0.717, 1.165) is 6.07 Å². The Bertz CT molecular complexity index is 546. The number of non-ortho nitro benzene ring substituents is 1. The fourth-order valence-electron chi connectivity index (χ4n) is 1.39. The SMILES string of the molecule is COCCNC(=O)COC(=O)c1cc([N+](=O)[O-])ccc1N. The lowest BCUT2D eigenvalue weighted by Gasteiger charge is -2.07. The number of nitrogens with one attached hydrogen (secondary N) is 1. The molecule has 0 heterocycles. The summed E-state index contributed by atoms with van der Waals surface area (Å²) in [6, 6.07) is 3.40. The number of carbonyl (C=O) groups is 2. The number of carbonyl (C=O) groups excluding carboxylic acids is 2. The van der Waals surface area contributed by atoms with Crippen LogP contribution in [-0.4, -0.2) is 43.7 Å². The second-order valence-electron chi connectivity index (χ2n) is 3.95. The highest BCUT2D eigenvalue weighted by Gasteiger charge is 2.17. The van der Waals surface area contributed by atoms with Crippen LogP contribution in [0.1, 0.15) is 10.4 Å². The van der Waals surface area contributed by atoms with Crippen molar-refractivity contribution in [3.63, 3.8) is 0 Å². The average molecular weight is 297 g/mol. The Kier molecular flexibility index (Phi) is 6.08. The molecule has 0 saturated heterocycles. The van der Waals surface area contributed by atoms with Crippen LogP contribution in [0.3, 0.4) is 0 Å². The first-order valence-corrected chi connectivity index (χ1v) is 5.92. The van der Waals surface area contributed by atoms with Gasteiger partial charge in [0.1, 0.15) is 0 Å². The first-order chi connectivity index (χ1) is 9.95. The third-order valence-electron chi connectivity index (χ3n) is 2.43. The first-order valence-electron chi connectivity index (χ1n) is 5.92. The molecule has 1 aromatic rings. The number of nitro groups is 1. The topological polar surface area (TPSA) is 134 Å². The van der Waals surface area contributed by atoms with Crippen molar-refractivity contribution in [2.24, 2.45) is 0 Å². The molecule has 0 atom stereocenters. The van der Waals surface area contributed by atoms with Gasteiger partial charge in [0.25, 0.3) is 11.6 Å². The molecule has 0 aliphatic carbocycles. The van der Waals surface area contributed by atoms with Crippen molar-refractivity contribution in [3.8, 4) is 0 Å². The van der Waals surface area contributed by atoms with E-state index in [1.165, 1.54) is 19.2 Å². The van der Waals surface area contributed by atoms with Crippen molar-refractivity contribution in [2.45, 2.75) is 0 Å². The number of nitrogens with two attached hydrogens (primary N) is 1. The number of rotatable bonds is 7. The molecule has 0 radical (unpaired) electrons. The van der Waals surface area contributed by atoms with Crippen LogP contribution in [0, 0.1) is 10.1 Å². The van der Waals surface area contributed by atoms with Gasteiger partial charge in [0.2, 0.25) is 0 Å². The number of nitrogens with zero attached hydrogens (tertiary/aromatic N) is 1. The largest absolute Gasteiger partial charge is 0.452 e. The van der Waals surface area contributed by atoms with E-state index in [2.05, 4.69) is 5.32 Å². The number of hydrogen-bond donors (Lipinski definition) is 2. The third-order valence-corrected chi connectivity index (χ3v) is 2.43. The van der Waals surface area contributed by atoms with Gasteiger partial charge in [-0.3, -0.25) is 14.9 Å². The molecule has 1 rings (SSSR count). The molecule has 0 aliphatic heterocycles. The molecule has 3 N–H and O–H groups in total. The zero-order valence-electron chi connectivity index (χ0n) is 11.3. The quantitative estimate of drug-likeness (QED) is 0.239. The Hall–Kier alpha value is -2.68. The molecule has 0 unspecified atom stereocenters. The Morgan fingerprint density at radius 2 is 2.14 bits per heavy atom. The van der Waals surface area contributed by atoms with Crippen LogP contribution in [0.2, 0.25) is 0 Å². The normalized spacial score (nSPS) is 9.95. The number of anilines is 1. The number of hydrogen-bond acceptors (Lipinski definition) is 7. The highest BCUT2D eigenvalue weighted by atomic mass is 16.6. The molecule has 0 aliphatic rings. The predicted molar refractivity (Wildman–Crippen MR) is 72.7 cm³/mol. The van der Waals surface area contributed by atoms with E-state index in [9.17, 15) is 19.7 Å². The van der Waals surface area contributed by atoms with E-state index in [0.29, 0.717) is 6.61 Å². The van der Waals surface area contributed by atoms with Crippen molar-refractivity contribution >= 4 is 23.3 Å². The second-order valence-corrected chi connectivity index (χ2v) is 3.95. The number of nitro benzene ring substituents is 1. The van der Waals surface area contributed by atoms with Gasteiger partial charge < -0.3 is 20.5 Å². The summed E-state index contributed by atoms with van der Waals surface area (Å²) < 4.78 is 9.48. The molecule has 1 aromatic carbocycles. The van der Waals surface area contributed by atoms with Gasteiger partial charge in [0, 0.05) is 31.5 Å². The van der Waals surface area contributed by atoms with Gasteiger partial charge >= 0.3 is 5.97 Å². The van der Waals surface area contributed by atoms with Crippen LogP contribution in [0.4, 0.5) is 11.4 Å². The van der Waals surface area contributed by atoms with Crippen molar-refractivity contribution in [3.05, 3.63) is 33.9 Å². The fraction of sp³-hybridized carbons (Fsp3) is 0.333. The van der Waals surface area contributed by atoms with Gasteiger partial charge in [-0.2, -0.15) is 0 Å². The summed E-state index contributed by atoms with van der Waals surface area (Å²) in [6.45, 7) is 0.105. The van der Waals surface area contributed by atoms with E-state index >= 15 is 0 Å². The highest BCUT2D eigenvalue weighted by molar-refractivity contribution is 5.96. The maximum atomic E-state index is 11.7. The Balaban J connectivity index is 2.61. The molecule has 9 heteroatoms. The Morgan fingerprint density at radius 3 is 2.76 bits per heavy atom. The molecular formula is C12H15N3O6. The summed E-state index contributed by atoms with van der Waals surface area (Å²) in [4.78, 5) is 33.1. The number of benzene rings is 1. The summed E-state index contributed by atoms with van der Waals surface area (Å²) in [5, 5.41) is 13.1. The third kappa shape index (κ3) is 5.07. The zero-order chi connectivity index (χ0) is 15.8. The van der Waals surface area contributed by atoms with Crippen LogP contribution < -0.4 is 11.1 Å². The zero-order valence-corrected chi connectivity index (χ0v) is 11.3.